The smallest absolute Gasteiger partial charge is 0.228 e. The number of ether oxygens (including phenoxy) is 1. The molecule has 0 spiro atoms. The van der Waals surface area contributed by atoms with Crippen LogP contribution in [0.5, 0.6) is 5.75 Å². The highest BCUT2D eigenvalue weighted by Crippen LogP contribution is 2.29. The van der Waals surface area contributed by atoms with E-state index in [-0.39, 0.29) is 18.7 Å². The first-order chi connectivity index (χ1) is 8.82. The summed E-state index contributed by atoms with van der Waals surface area (Å²) in [6.07, 6.45) is -0.241. The Hall–Kier alpha value is -1.67. The summed E-state index contributed by atoms with van der Waals surface area (Å²) in [5.74, 6) is -0.723. The Morgan fingerprint density at radius 1 is 1.47 bits per heavy atom. The summed E-state index contributed by atoms with van der Waals surface area (Å²) in [4.78, 5) is 12.9. The topological polar surface area (TPSA) is 89.7 Å². The SMILES string of the molecule is COc1ccc(F)c(N2CC(S(N)(=O)=O)CC2=O)c1. The largest absolute Gasteiger partial charge is 0.497 e. The molecule has 1 saturated heterocycles. The van der Waals surface area contributed by atoms with Gasteiger partial charge in [-0.15, -0.1) is 0 Å². The molecule has 1 atom stereocenters. The quantitative estimate of drug-likeness (QED) is 0.862. The maximum absolute atomic E-state index is 13.7. The van der Waals surface area contributed by atoms with E-state index < -0.39 is 27.0 Å². The summed E-state index contributed by atoms with van der Waals surface area (Å²) >= 11 is 0. The molecule has 104 valence electrons. The Bertz CT molecular complexity index is 617. The van der Waals surface area contributed by atoms with Crippen LogP contribution >= 0.6 is 0 Å². The number of carbonyl (C=O) groups excluding carboxylic acids is 1. The van der Waals surface area contributed by atoms with Crippen LogP contribution in [0.1, 0.15) is 6.42 Å². The Labute approximate surface area is 110 Å². The van der Waals surface area contributed by atoms with Crippen LogP contribution in [-0.2, 0) is 14.8 Å². The number of primary sulfonamides is 1. The molecule has 1 aromatic carbocycles. The predicted octanol–water partition coefficient (Wildman–Crippen LogP) is 0.228. The van der Waals surface area contributed by atoms with Gasteiger partial charge in [-0.2, -0.15) is 0 Å². The van der Waals surface area contributed by atoms with E-state index in [1.54, 1.807) is 0 Å². The van der Waals surface area contributed by atoms with Gasteiger partial charge in [-0.05, 0) is 12.1 Å². The van der Waals surface area contributed by atoms with Crippen molar-refractivity contribution in [1.82, 2.24) is 0 Å². The third-order valence-electron chi connectivity index (χ3n) is 3.00. The van der Waals surface area contributed by atoms with Crippen LogP contribution in [0.2, 0.25) is 0 Å². The highest BCUT2D eigenvalue weighted by atomic mass is 32.2. The summed E-state index contributed by atoms with van der Waals surface area (Å²) in [5.41, 5.74) is -0.00417. The molecule has 0 aromatic heterocycles. The number of nitrogens with two attached hydrogens (primary N) is 1. The molecule has 6 nitrogen and oxygen atoms in total. The molecule has 0 aliphatic carbocycles. The van der Waals surface area contributed by atoms with E-state index in [1.165, 1.54) is 19.2 Å². The van der Waals surface area contributed by atoms with Gasteiger partial charge in [0.2, 0.25) is 15.9 Å². The molecule has 1 aliphatic rings. The third-order valence-corrected chi connectivity index (χ3v) is 4.24. The van der Waals surface area contributed by atoms with Crippen molar-refractivity contribution in [2.75, 3.05) is 18.6 Å². The van der Waals surface area contributed by atoms with Crippen molar-refractivity contribution in [3.63, 3.8) is 0 Å². The van der Waals surface area contributed by atoms with E-state index in [2.05, 4.69) is 0 Å². The Morgan fingerprint density at radius 3 is 2.68 bits per heavy atom. The molecular formula is C11H13FN2O4S. The normalized spacial score (nSPS) is 19.8. The van der Waals surface area contributed by atoms with Crippen LogP contribution in [0.15, 0.2) is 18.2 Å². The van der Waals surface area contributed by atoms with Crippen LogP contribution < -0.4 is 14.8 Å². The highest BCUT2D eigenvalue weighted by molar-refractivity contribution is 7.89. The van der Waals surface area contributed by atoms with Crippen molar-refractivity contribution in [3.05, 3.63) is 24.0 Å². The van der Waals surface area contributed by atoms with Gasteiger partial charge >= 0.3 is 0 Å². The Kier molecular flexibility index (Phi) is 3.46. The van der Waals surface area contributed by atoms with Gasteiger partial charge in [0.05, 0.1) is 12.8 Å². The van der Waals surface area contributed by atoms with Crippen LogP contribution in [-0.4, -0.2) is 33.2 Å². The van der Waals surface area contributed by atoms with Crippen molar-refractivity contribution in [3.8, 4) is 5.75 Å². The number of hydrogen-bond acceptors (Lipinski definition) is 4. The molecule has 2 rings (SSSR count). The minimum atomic E-state index is -3.82. The van der Waals surface area contributed by atoms with Crippen molar-refractivity contribution >= 4 is 21.6 Å². The molecule has 1 heterocycles. The van der Waals surface area contributed by atoms with Crippen LogP contribution in [0.4, 0.5) is 10.1 Å². The monoisotopic (exact) mass is 288 g/mol. The van der Waals surface area contributed by atoms with Gasteiger partial charge in [0.15, 0.2) is 0 Å². The predicted molar refractivity (Wildman–Crippen MR) is 66.8 cm³/mol. The zero-order valence-corrected chi connectivity index (χ0v) is 11.0. The van der Waals surface area contributed by atoms with Gasteiger partial charge in [-0.1, -0.05) is 0 Å². The first kappa shape index (κ1) is 13.8. The van der Waals surface area contributed by atoms with Crippen molar-refractivity contribution < 1.29 is 22.3 Å². The fourth-order valence-corrected chi connectivity index (χ4v) is 2.69. The van der Waals surface area contributed by atoms with Crippen molar-refractivity contribution in [2.45, 2.75) is 11.7 Å². The van der Waals surface area contributed by atoms with Gasteiger partial charge in [-0.3, -0.25) is 4.79 Å². The zero-order valence-electron chi connectivity index (χ0n) is 10.2. The van der Waals surface area contributed by atoms with Crippen LogP contribution in [0, 0.1) is 5.82 Å². The average Bonchev–Trinajstić information content (AvgIpc) is 2.72. The highest BCUT2D eigenvalue weighted by Gasteiger charge is 2.38. The molecule has 0 saturated carbocycles. The van der Waals surface area contributed by atoms with Gasteiger partial charge in [0, 0.05) is 19.0 Å². The number of methoxy groups -OCH3 is 1. The standard InChI is InChI=1S/C11H13FN2O4S/c1-18-7-2-3-9(12)10(4-7)14-6-8(5-11(14)15)19(13,16)17/h2-4,8H,5-6H2,1H3,(H2,13,16,17). The lowest BCUT2D eigenvalue weighted by Crippen LogP contribution is -2.32. The minimum Gasteiger partial charge on any atom is -0.497 e. The zero-order chi connectivity index (χ0) is 14.2. The molecule has 0 radical (unpaired) electrons. The maximum atomic E-state index is 13.7. The fourth-order valence-electron chi connectivity index (χ4n) is 1.95. The molecule has 1 unspecified atom stereocenters. The molecule has 2 N–H and O–H groups in total. The Balaban J connectivity index is 2.35. The number of nitrogens with zero attached hydrogens (tertiary/aromatic N) is 1. The molecule has 1 amide bonds. The second kappa shape index (κ2) is 4.78. The lowest BCUT2D eigenvalue weighted by atomic mass is 10.2. The third kappa shape index (κ3) is 2.69. The average molecular weight is 288 g/mol. The molecule has 1 aliphatic heterocycles. The number of benzene rings is 1. The second-order valence-electron chi connectivity index (χ2n) is 4.24. The van der Waals surface area contributed by atoms with E-state index >= 15 is 0 Å². The van der Waals surface area contributed by atoms with Crippen LogP contribution in [0.3, 0.4) is 0 Å². The van der Waals surface area contributed by atoms with Gasteiger partial charge < -0.3 is 9.64 Å². The number of hydrogen-bond donors (Lipinski definition) is 1. The van der Waals surface area contributed by atoms with Gasteiger partial charge in [0.1, 0.15) is 16.8 Å². The number of halogens is 1. The van der Waals surface area contributed by atoms with Crippen LogP contribution in [0.25, 0.3) is 0 Å². The van der Waals surface area contributed by atoms with E-state index in [0.717, 1.165) is 11.0 Å². The summed E-state index contributed by atoms with van der Waals surface area (Å²) in [6.45, 7) is -0.151. The number of rotatable bonds is 3. The molecule has 1 fully saturated rings. The first-order valence-corrected chi connectivity index (χ1v) is 7.09. The van der Waals surface area contributed by atoms with Crippen molar-refractivity contribution in [2.24, 2.45) is 5.14 Å². The number of anilines is 1. The molecule has 8 heteroatoms. The second-order valence-corrected chi connectivity index (χ2v) is 6.08. The summed E-state index contributed by atoms with van der Waals surface area (Å²) in [5, 5.41) is 4.00. The number of carbonyl (C=O) groups is 1. The molecular weight excluding hydrogens is 275 g/mol. The molecule has 0 bridgehead atoms. The van der Waals surface area contributed by atoms with E-state index in [1.807, 2.05) is 0 Å². The van der Waals surface area contributed by atoms with Crippen molar-refractivity contribution in [1.29, 1.82) is 0 Å². The molecule has 1 aromatic rings. The first-order valence-electron chi connectivity index (χ1n) is 5.48. The summed E-state index contributed by atoms with van der Waals surface area (Å²) in [6, 6.07) is 3.92. The van der Waals surface area contributed by atoms with Gasteiger partial charge in [-0.25, -0.2) is 17.9 Å². The maximum Gasteiger partial charge on any atom is 0.228 e. The Morgan fingerprint density at radius 2 is 2.16 bits per heavy atom. The lowest BCUT2D eigenvalue weighted by Gasteiger charge is -2.17. The van der Waals surface area contributed by atoms with E-state index in [0.29, 0.717) is 5.75 Å². The lowest BCUT2D eigenvalue weighted by molar-refractivity contribution is -0.117. The van der Waals surface area contributed by atoms with Gasteiger partial charge in [0.25, 0.3) is 0 Å². The fraction of sp³-hybridized carbons (Fsp3) is 0.364. The summed E-state index contributed by atoms with van der Waals surface area (Å²) < 4.78 is 41.2. The minimum absolute atomic E-state index is 0.00417. The number of amides is 1. The summed E-state index contributed by atoms with van der Waals surface area (Å²) in [7, 11) is -2.41. The van der Waals surface area contributed by atoms with E-state index in [4.69, 9.17) is 9.88 Å². The number of sulfonamides is 1. The molecule has 19 heavy (non-hydrogen) atoms. The van der Waals surface area contributed by atoms with E-state index in [9.17, 15) is 17.6 Å².